The second-order valence-electron chi connectivity index (χ2n) is 27.8. The zero-order chi connectivity index (χ0) is 68.2. The highest BCUT2D eigenvalue weighted by molar-refractivity contribution is 7.47. The first-order chi connectivity index (χ1) is 44.2. The summed E-state index contributed by atoms with van der Waals surface area (Å²) >= 11 is 0. The Morgan fingerprint density at radius 2 is 0.522 bits per heavy atom. The molecule has 0 rings (SSSR count). The highest BCUT2D eigenvalue weighted by Crippen LogP contribution is 2.45. The fraction of sp³-hybridized carbons (Fsp3) is 0.945. The Morgan fingerprint density at radius 1 is 0.304 bits per heavy atom. The number of hydrogen-bond acceptors (Lipinski definition) is 15. The minimum absolute atomic E-state index is 0.105. The van der Waals surface area contributed by atoms with Crippen LogP contribution >= 0.6 is 15.6 Å². The predicted molar refractivity (Wildman–Crippen MR) is 372 cm³/mol. The summed E-state index contributed by atoms with van der Waals surface area (Å²) in [5.41, 5.74) is 0. The molecule has 0 fully saturated rings. The Labute approximate surface area is 562 Å². The number of phosphoric acid groups is 2. The van der Waals surface area contributed by atoms with Gasteiger partial charge < -0.3 is 33.8 Å². The Bertz CT molecular complexity index is 1820. The topological polar surface area (TPSA) is 237 Å². The number of carbonyl (C=O) groups excluding carboxylic acids is 4. The van der Waals surface area contributed by atoms with Crippen molar-refractivity contribution in [2.45, 2.75) is 382 Å². The van der Waals surface area contributed by atoms with Crippen molar-refractivity contribution in [1.82, 2.24) is 0 Å². The quantitative estimate of drug-likeness (QED) is 0.0222. The second-order valence-corrected chi connectivity index (χ2v) is 30.7. The van der Waals surface area contributed by atoms with Crippen LogP contribution in [-0.2, 0) is 65.4 Å². The number of unbranched alkanes of at least 4 members (excludes halogenated alkanes) is 34. The van der Waals surface area contributed by atoms with E-state index in [1.54, 1.807) is 0 Å². The summed E-state index contributed by atoms with van der Waals surface area (Å²) in [6.07, 6.45) is 45.9. The van der Waals surface area contributed by atoms with Gasteiger partial charge in [-0.1, -0.05) is 312 Å². The molecule has 3 N–H and O–H groups in total. The lowest BCUT2D eigenvalue weighted by Gasteiger charge is -2.21. The van der Waals surface area contributed by atoms with E-state index in [9.17, 15) is 43.2 Å². The predicted octanol–water partition coefficient (Wildman–Crippen LogP) is 20.9. The molecule has 17 nitrogen and oxygen atoms in total. The second kappa shape index (κ2) is 62.6. The number of phosphoric ester groups is 2. The molecule has 0 aromatic carbocycles. The molecule has 0 aromatic rings. The molecule has 0 spiro atoms. The molecule has 7 atom stereocenters. The fourth-order valence-corrected chi connectivity index (χ4v) is 12.5. The first kappa shape index (κ1) is 90.1. The molecule has 0 bridgehead atoms. The molecule has 0 heterocycles. The molecular formula is C73H142O17P2. The van der Waals surface area contributed by atoms with Crippen LogP contribution in [0.25, 0.3) is 0 Å². The van der Waals surface area contributed by atoms with Crippen LogP contribution in [0, 0.1) is 23.7 Å². The number of aliphatic hydroxyl groups is 1. The molecule has 0 saturated carbocycles. The van der Waals surface area contributed by atoms with Crippen molar-refractivity contribution in [3.8, 4) is 0 Å². The number of esters is 4. The maximum atomic E-state index is 13.0. The van der Waals surface area contributed by atoms with E-state index < -0.39 is 97.5 Å². The van der Waals surface area contributed by atoms with Crippen LogP contribution < -0.4 is 0 Å². The summed E-state index contributed by atoms with van der Waals surface area (Å²) in [4.78, 5) is 72.6. The lowest BCUT2D eigenvalue weighted by atomic mass is 9.99. The van der Waals surface area contributed by atoms with Gasteiger partial charge in [0.15, 0.2) is 12.2 Å². The van der Waals surface area contributed by atoms with Gasteiger partial charge in [0.25, 0.3) is 0 Å². The molecule has 92 heavy (non-hydrogen) atoms. The number of rotatable bonds is 70. The number of carbonyl (C=O) groups is 4. The molecule has 546 valence electrons. The van der Waals surface area contributed by atoms with Crippen molar-refractivity contribution in [1.29, 1.82) is 0 Å². The van der Waals surface area contributed by atoms with Gasteiger partial charge in [-0.2, -0.15) is 0 Å². The van der Waals surface area contributed by atoms with Crippen LogP contribution in [-0.4, -0.2) is 96.7 Å². The van der Waals surface area contributed by atoms with E-state index in [1.807, 2.05) is 0 Å². The molecule has 0 aliphatic heterocycles. The third-order valence-corrected chi connectivity index (χ3v) is 19.4. The third-order valence-electron chi connectivity index (χ3n) is 17.5. The highest BCUT2D eigenvalue weighted by atomic mass is 31.2. The van der Waals surface area contributed by atoms with E-state index in [-0.39, 0.29) is 25.7 Å². The van der Waals surface area contributed by atoms with Crippen LogP contribution in [0.5, 0.6) is 0 Å². The minimum atomic E-state index is -4.95. The first-order valence-corrected chi connectivity index (χ1v) is 40.8. The number of hydrogen-bond donors (Lipinski definition) is 3. The summed E-state index contributed by atoms with van der Waals surface area (Å²) in [5, 5.41) is 10.6. The van der Waals surface area contributed by atoms with Gasteiger partial charge in [-0.3, -0.25) is 37.3 Å². The Kier molecular flexibility index (Phi) is 61.3. The first-order valence-electron chi connectivity index (χ1n) is 37.8. The van der Waals surface area contributed by atoms with Gasteiger partial charge in [0, 0.05) is 25.7 Å². The van der Waals surface area contributed by atoms with Crippen LogP contribution in [0.4, 0.5) is 0 Å². The zero-order valence-corrected chi connectivity index (χ0v) is 62.0. The Hall–Kier alpha value is -1.94. The normalized spacial score (nSPS) is 14.8. The van der Waals surface area contributed by atoms with Crippen LogP contribution in [0.2, 0.25) is 0 Å². The summed E-state index contributed by atoms with van der Waals surface area (Å²) in [7, 11) is -9.91. The van der Waals surface area contributed by atoms with Crippen molar-refractivity contribution < 1.29 is 80.2 Å². The average molecular weight is 1350 g/mol. The SMILES string of the molecule is CCC(C)CCCCCCCCCCCCCCCCC(=O)O[C@H](COC(=O)CCCCCCCCC(C)C)COP(=O)(O)OC[C@H](O)COP(=O)(O)OC[C@@H](COC(=O)CCCCCCCCCCC(C)C)OC(=O)CCCCCCCCCCCCC(C)CC. The van der Waals surface area contributed by atoms with Gasteiger partial charge in [-0.25, -0.2) is 9.13 Å². The lowest BCUT2D eigenvalue weighted by molar-refractivity contribution is -0.161. The maximum Gasteiger partial charge on any atom is 0.472 e. The van der Waals surface area contributed by atoms with Gasteiger partial charge in [0.1, 0.15) is 19.3 Å². The number of aliphatic hydroxyl groups excluding tert-OH is 1. The molecule has 0 aliphatic rings. The fourth-order valence-electron chi connectivity index (χ4n) is 11.0. The summed E-state index contributed by atoms with van der Waals surface area (Å²) in [5.74, 6) is 0.927. The van der Waals surface area contributed by atoms with Crippen molar-refractivity contribution in [2.24, 2.45) is 23.7 Å². The van der Waals surface area contributed by atoms with Gasteiger partial charge in [0.2, 0.25) is 0 Å². The zero-order valence-electron chi connectivity index (χ0n) is 60.2. The van der Waals surface area contributed by atoms with E-state index in [2.05, 4.69) is 55.4 Å². The molecule has 0 saturated heterocycles. The van der Waals surface area contributed by atoms with Crippen molar-refractivity contribution in [3.05, 3.63) is 0 Å². The molecule has 0 aliphatic carbocycles. The molecular weight excluding hydrogens is 1210 g/mol. The van der Waals surface area contributed by atoms with Crippen LogP contribution in [0.1, 0.15) is 364 Å². The monoisotopic (exact) mass is 1350 g/mol. The van der Waals surface area contributed by atoms with Crippen molar-refractivity contribution in [2.75, 3.05) is 39.6 Å². The van der Waals surface area contributed by atoms with Gasteiger partial charge >= 0.3 is 39.5 Å². The largest absolute Gasteiger partial charge is 0.472 e. The van der Waals surface area contributed by atoms with E-state index in [4.69, 9.17) is 37.0 Å². The summed E-state index contributed by atoms with van der Waals surface area (Å²) < 4.78 is 68.4. The van der Waals surface area contributed by atoms with E-state index in [1.165, 1.54) is 161 Å². The van der Waals surface area contributed by atoms with E-state index in [0.717, 1.165) is 114 Å². The molecule has 19 heteroatoms. The van der Waals surface area contributed by atoms with Gasteiger partial charge in [-0.15, -0.1) is 0 Å². The van der Waals surface area contributed by atoms with Crippen molar-refractivity contribution >= 4 is 39.5 Å². The Morgan fingerprint density at radius 3 is 0.772 bits per heavy atom. The van der Waals surface area contributed by atoms with E-state index in [0.29, 0.717) is 31.6 Å². The lowest BCUT2D eigenvalue weighted by Crippen LogP contribution is -2.30. The standard InChI is InChI=1S/C73H142O17P2/c1-9-65(7)51-43-35-26-19-15-13-11-12-14-16-21-29-39-47-55-72(77)90-69(60-84-71(76)54-46-38-32-31-34-42-50-64(5)6)62-88-92(81,82)86-58-67(74)57-85-91(79,80)87-61-68(59-83-70(75)53-45-37-28-24-23-25-33-41-49-63(3)4)89-73(78)56-48-40-30-22-18-17-20-27-36-44-52-66(8)10-2/h63-69,74H,9-62H2,1-8H3,(H,79,80)(H,81,82)/t65?,66?,67-,68-,69-/m1/s1. The maximum absolute atomic E-state index is 13.0. The van der Waals surface area contributed by atoms with Gasteiger partial charge in [-0.05, 0) is 49.4 Å². The molecule has 0 amide bonds. The van der Waals surface area contributed by atoms with E-state index >= 15 is 0 Å². The number of ether oxygens (including phenoxy) is 4. The molecule has 4 unspecified atom stereocenters. The van der Waals surface area contributed by atoms with Crippen LogP contribution in [0.15, 0.2) is 0 Å². The average Bonchev–Trinajstić information content (AvgIpc) is 3.02. The smallest absolute Gasteiger partial charge is 0.462 e. The minimum Gasteiger partial charge on any atom is -0.462 e. The van der Waals surface area contributed by atoms with Gasteiger partial charge in [0.05, 0.1) is 26.4 Å². The summed E-state index contributed by atoms with van der Waals surface area (Å²) in [6.45, 7) is 14.1. The Balaban J connectivity index is 5.22. The summed E-state index contributed by atoms with van der Waals surface area (Å²) in [6, 6.07) is 0. The molecule has 0 aromatic heterocycles. The highest BCUT2D eigenvalue weighted by Gasteiger charge is 2.30. The van der Waals surface area contributed by atoms with Crippen LogP contribution in [0.3, 0.4) is 0 Å². The third kappa shape index (κ3) is 64.1. The molecule has 0 radical (unpaired) electrons. The van der Waals surface area contributed by atoms with Crippen molar-refractivity contribution in [3.63, 3.8) is 0 Å².